The van der Waals surface area contributed by atoms with Crippen molar-refractivity contribution in [1.29, 1.82) is 0 Å². The fourth-order valence-corrected chi connectivity index (χ4v) is 5.88. The number of nitrogens with zero attached hydrogens (tertiary/aromatic N) is 2. The molecule has 0 aromatic heterocycles. The zero-order valence-electron chi connectivity index (χ0n) is 23.8. The maximum atomic E-state index is 14.1. The van der Waals surface area contributed by atoms with Crippen LogP contribution in [0.25, 0.3) is 0 Å². The predicted octanol–water partition coefficient (Wildman–Crippen LogP) is 5.66. The lowest BCUT2D eigenvalue weighted by Gasteiger charge is -2.33. The van der Waals surface area contributed by atoms with E-state index in [9.17, 15) is 18.0 Å². The number of benzene rings is 3. The number of hydrogen-bond acceptors (Lipinski definition) is 5. The Morgan fingerprint density at radius 1 is 0.927 bits per heavy atom. The number of halogens is 1. The average Bonchev–Trinajstić information content (AvgIpc) is 2.97. The van der Waals surface area contributed by atoms with Gasteiger partial charge in [0.25, 0.3) is 10.0 Å². The van der Waals surface area contributed by atoms with Gasteiger partial charge in [0.05, 0.1) is 17.2 Å². The van der Waals surface area contributed by atoms with Crippen LogP contribution in [0, 0.1) is 0 Å². The number of nitrogens with one attached hydrogen (secondary N) is 1. The van der Waals surface area contributed by atoms with E-state index in [0.29, 0.717) is 30.3 Å². The van der Waals surface area contributed by atoms with Gasteiger partial charge < -0.3 is 15.0 Å². The summed E-state index contributed by atoms with van der Waals surface area (Å²) in [7, 11) is -4.18. The number of hydrogen-bond donors (Lipinski definition) is 1. The molecule has 0 bridgehead atoms. The van der Waals surface area contributed by atoms with Crippen molar-refractivity contribution in [3.63, 3.8) is 0 Å². The Balaban J connectivity index is 2.02. The SMILES string of the molecule is CCCCNC(=O)[C@@H](CC)N(Cc1ccccc1)C(=O)CN(c1ccc(OCC)cc1)S(=O)(=O)c1ccc(Cl)cc1. The molecule has 3 aromatic carbocycles. The summed E-state index contributed by atoms with van der Waals surface area (Å²) in [5.41, 5.74) is 1.12. The first-order chi connectivity index (χ1) is 19.7. The van der Waals surface area contributed by atoms with Crippen LogP contribution in [-0.4, -0.2) is 50.9 Å². The Morgan fingerprint density at radius 3 is 2.17 bits per heavy atom. The topological polar surface area (TPSA) is 96.0 Å². The Bertz CT molecular complexity index is 1370. The molecule has 3 aromatic rings. The van der Waals surface area contributed by atoms with Crippen LogP contribution in [0.4, 0.5) is 5.69 Å². The number of rotatable bonds is 15. The minimum Gasteiger partial charge on any atom is -0.494 e. The van der Waals surface area contributed by atoms with Crippen LogP contribution >= 0.6 is 11.6 Å². The first-order valence-electron chi connectivity index (χ1n) is 13.8. The minimum atomic E-state index is -4.18. The molecular weight excluding hydrogens is 562 g/mol. The molecule has 8 nitrogen and oxygen atoms in total. The van der Waals surface area contributed by atoms with Crippen molar-refractivity contribution >= 4 is 39.1 Å². The molecule has 0 fully saturated rings. The van der Waals surface area contributed by atoms with Crippen molar-refractivity contribution in [2.75, 3.05) is 24.0 Å². The summed E-state index contributed by atoms with van der Waals surface area (Å²) in [4.78, 5) is 28.7. The fourth-order valence-electron chi connectivity index (χ4n) is 4.34. The zero-order chi connectivity index (χ0) is 29.8. The Hall–Kier alpha value is -3.56. The normalized spacial score (nSPS) is 11.9. The highest BCUT2D eigenvalue weighted by Gasteiger charge is 2.33. The van der Waals surface area contributed by atoms with E-state index in [1.807, 2.05) is 51.1 Å². The second-order valence-electron chi connectivity index (χ2n) is 9.47. The number of anilines is 1. The summed E-state index contributed by atoms with van der Waals surface area (Å²) in [5, 5.41) is 3.32. The second-order valence-corrected chi connectivity index (χ2v) is 11.8. The van der Waals surface area contributed by atoms with Crippen molar-refractivity contribution in [1.82, 2.24) is 10.2 Å². The lowest BCUT2D eigenvalue weighted by Crippen LogP contribution is -2.52. The Morgan fingerprint density at radius 2 is 1.59 bits per heavy atom. The summed E-state index contributed by atoms with van der Waals surface area (Å²) < 4.78 is 34.4. The molecule has 0 heterocycles. The lowest BCUT2D eigenvalue weighted by molar-refractivity contribution is -0.140. The first-order valence-corrected chi connectivity index (χ1v) is 15.6. The number of ether oxygens (including phenoxy) is 1. The highest BCUT2D eigenvalue weighted by atomic mass is 35.5. The van der Waals surface area contributed by atoms with E-state index in [0.717, 1.165) is 22.7 Å². The first kappa shape index (κ1) is 32.0. The highest BCUT2D eigenvalue weighted by molar-refractivity contribution is 7.92. The van der Waals surface area contributed by atoms with E-state index in [-0.39, 0.29) is 23.0 Å². The highest BCUT2D eigenvalue weighted by Crippen LogP contribution is 2.27. The molecule has 0 aliphatic carbocycles. The van der Waals surface area contributed by atoms with Crippen LogP contribution in [0.5, 0.6) is 5.75 Å². The summed E-state index contributed by atoms with van der Waals surface area (Å²) in [5.74, 6) is -0.192. The van der Waals surface area contributed by atoms with Gasteiger partial charge in [-0.2, -0.15) is 0 Å². The van der Waals surface area contributed by atoms with Gasteiger partial charge in [-0.3, -0.25) is 13.9 Å². The molecule has 0 radical (unpaired) electrons. The Labute approximate surface area is 248 Å². The maximum Gasteiger partial charge on any atom is 0.264 e. The van der Waals surface area contributed by atoms with Gasteiger partial charge in [0.1, 0.15) is 18.3 Å². The van der Waals surface area contributed by atoms with Gasteiger partial charge in [-0.25, -0.2) is 8.42 Å². The number of carbonyl (C=O) groups is 2. The van der Waals surface area contributed by atoms with Crippen LogP contribution in [0.1, 0.15) is 45.6 Å². The molecular formula is C31H38ClN3O5S. The van der Waals surface area contributed by atoms with E-state index in [1.54, 1.807) is 24.3 Å². The van der Waals surface area contributed by atoms with E-state index in [1.165, 1.54) is 29.2 Å². The molecule has 0 spiro atoms. The third kappa shape index (κ3) is 8.71. The minimum absolute atomic E-state index is 0.0115. The van der Waals surface area contributed by atoms with Gasteiger partial charge in [-0.1, -0.05) is 62.2 Å². The van der Waals surface area contributed by atoms with Crippen molar-refractivity contribution in [2.45, 2.75) is 57.5 Å². The third-order valence-corrected chi connectivity index (χ3v) is 8.57. The zero-order valence-corrected chi connectivity index (χ0v) is 25.3. The number of amides is 2. The Kier molecular flexibility index (Phi) is 12.0. The molecule has 2 amide bonds. The second kappa shape index (κ2) is 15.4. The van der Waals surface area contributed by atoms with Gasteiger partial charge in [0, 0.05) is 18.1 Å². The van der Waals surface area contributed by atoms with Crippen molar-refractivity contribution in [3.8, 4) is 5.75 Å². The van der Waals surface area contributed by atoms with E-state index in [4.69, 9.17) is 16.3 Å². The smallest absolute Gasteiger partial charge is 0.264 e. The molecule has 10 heteroatoms. The summed E-state index contributed by atoms with van der Waals surface area (Å²) >= 11 is 6.01. The molecule has 41 heavy (non-hydrogen) atoms. The van der Waals surface area contributed by atoms with Crippen molar-refractivity contribution in [3.05, 3.63) is 89.4 Å². The molecule has 0 unspecified atom stereocenters. The monoisotopic (exact) mass is 599 g/mol. The van der Waals surface area contributed by atoms with Crippen molar-refractivity contribution < 1.29 is 22.7 Å². The maximum absolute atomic E-state index is 14.1. The molecule has 1 N–H and O–H groups in total. The summed E-state index contributed by atoms with van der Waals surface area (Å²) in [6.07, 6.45) is 2.10. The van der Waals surface area contributed by atoms with Gasteiger partial charge in [-0.15, -0.1) is 0 Å². The molecule has 0 aliphatic rings. The molecule has 0 saturated heterocycles. The average molecular weight is 600 g/mol. The van der Waals surface area contributed by atoms with Gasteiger partial charge >= 0.3 is 0 Å². The van der Waals surface area contributed by atoms with Crippen LogP contribution in [0.15, 0.2) is 83.8 Å². The van der Waals surface area contributed by atoms with E-state index in [2.05, 4.69) is 5.32 Å². The van der Waals surface area contributed by atoms with Crippen LogP contribution < -0.4 is 14.4 Å². The predicted molar refractivity (Wildman–Crippen MR) is 163 cm³/mol. The van der Waals surface area contributed by atoms with Crippen LogP contribution in [0.2, 0.25) is 5.02 Å². The largest absolute Gasteiger partial charge is 0.494 e. The van der Waals surface area contributed by atoms with E-state index < -0.39 is 28.5 Å². The fraction of sp³-hybridized carbons (Fsp3) is 0.355. The number of sulfonamides is 1. The van der Waals surface area contributed by atoms with Crippen LogP contribution in [-0.2, 0) is 26.2 Å². The third-order valence-electron chi connectivity index (χ3n) is 6.53. The molecule has 1 atom stereocenters. The van der Waals surface area contributed by atoms with Gasteiger partial charge in [0.2, 0.25) is 11.8 Å². The quantitative estimate of drug-likeness (QED) is 0.228. The number of carbonyl (C=O) groups excluding carboxylic acids is 2. The van der Waals surface area contributed by atoms with E-state index >= 15 is 0 Å². The van der Waals surface area contributed by atoms with Gasteiger partial charge in [-0.05, 0) is 73.9 Å². The molecule has 0 aliphatic heterocycles. The van der Waals surface area contributed by atoms with Crippen molar-refractivity contribution in [2.24, 2.45) is 0 Å². The molecule has 3 rings (SSSR count). The lowest BCUT2D eigenvalue weighted by atomic mass is 10.1. The summed E-state index contributed by atoms with van der Waals surface area (Å²) in [6, 6.07) is 20.9. The molecule has 220 valence electrons. The molecule has 0 saturated carbocycles. The number of unbranched alkanes of at least 4 members (excludes halogenated alkanes) is 1. The standard InChI is InChI=1S/C31H38ClN3O5S/c1-4-7-21-33-31(37)29(5-2)34(22-24-11-9-8-10-12-24)30(36)23-35(26-15-17-27(18-16-26)40-6-3)41(38,39)28-19-13-25(32)14-20-28/h8-20,29H,4-7,21-23H2,1-3H3,(H,33,37)/t29-/m1/s1. The van der Waals surface area contributed by atoms with Gasteiger partial charge in [0.15, 0.2) is 0 Å². The summed E-state index contributed by atoms with van der Waals surface area (Å²) in [6.45, 7) is 6.32. The van der Waals surface area contributed by atoms with Crippen LogP contribution in [0.3, 0.4) is 0 Å².